The van der Waals surface area contributed by atoms with Crippen molar-refractivity contribution in [2.75, 3.05) is 18.4 Å². The first-order chi connectivity index (χ1) is 16.7. The fraction of sp³-hybridized carbons (Fsp3) is 0.217. The number of nitrogens with one attached hydrogen (secondary N) is 2. The third-order valence-corrected chi connectivity index (χ3v) is 7.31. The number of hydrogen-bond donors (Lipinski definition) is 2. The lowest BCUT2D eigenvalue weighted by molar-refractivity contribution is 0.102. The van der Waals surface area contributed by atoms with Crippen LogP contribution < -0.4 is 10.9 Å². The Kier molecular flexibility index (Phi) is 6.67. The number of amides is 1. The minimum absolute atomic E-state index is 0.101. The molecule has 35 heavy (non-hydrogen) atoms. The molecule has 0 spiro atoms. The van der Waals surface area contributed by atoms with Gasteiger partial charge in [-0.2, -0.15) is 14.1 Å². The van der Waals surface area contributed by atoms with Crippen LogP contribution in [0.25, 0.3) is 17.4 Å². The summed E-state index contributed by atoms with van der Waals surface area (Å²) in [6, 6.07) is 12.0. The number of aryl methyl sites for hydroxylation is 1. The molecule has 4 aromatic rings. The number of carbonyl (C=O) groups excluding carboxylic acids is 1. The van der Waals surface area contributed by atoms with E-state index >= 15 is 0 Å². The third-order valence-electron chi connectivity index (χ3n) is 5.24. The van der Waals surface area contributed by atoms with Crippen molar-refractivity contribution < 1.29 is 17.6 Å². The van der Waals surface area contributed by atoms with Crippen LogP contribution in [0.5, 0.6) is 0 Å². The van der Waals surface area contributed by atoms with E-state index < -0.39 is 15.9 Å². The first-order valence-electron chi connectivity index (χ1n) is 10.9. The van der Waals surface area contributed by atoms with E-state index in [9.17, 15) is 18.0 Å². The fourth-order valence-electron chi connectivity index (χ4n) is 3.52. The molecular formula is C23H24N6O5S. The van der Waals surface area contributed by atoms with Crippen molar-refractivity contribution in [3.8, 4) is 17.4 Å². The molecule has 12 heteroatoms. The molecule has 0 aliphatic rings. The smallest absolute Gasteiger partial charge is 0.256 e. The molecule has 3 aromatic heterocycles. The normalized spacial score (nSPS) is 11.7. The van der Waals surface area contributed by atoms with Crippen molar-refractivity contribution in [3.05, 3.63) is 76.4 Å². The summed E-state index contributed by atoms with van der Waals surface area (Å²) in [5.41, 5.74) is 0.752. The molecule has 182 valence electrons. The molecule has 0 saturated carbocycles. The third kappa shape index (κ3) is 4.93. The summed E-state index contributed by atoms with van der Waals surface area (Å²) in [5.74, 6) is 0.304. The van der Waals surface area contributed by atoms with Gasteiger partial charge < -0.3 is 9.73 Å². The van der Waals surface area contributed by atoms with Gasteiger partial charge in [-0.15, -0.1) is 0 Å². The minimum Gasteiger partial charge on any atom is -0.463 e. The van der Waals surface area contributed by atoms with Gasteiger partial charge in [0, 0.05) is 36.5 Å². The topological polar surface area (TPSA) is 143 Å². The molecule has 0 aliphatic heterocycles. The van der Waals surface area contributed by atoms with Gasteiger partial charge in [0.15, 0.2) is 5.76 Å². The zero-order valence-corrected chi connectivity index (χ0v) is 20.2. The number of carbonyl (C=O) groups is 1. The standard InChI is InChI=1S/C23H24N6O5S/c1-4-28(5-2)35(32,33)17-10-8-16(9-11-17)22(31)25-20-14-18(19-7-6-12-34-19)27-29(20)23-24-15(3)13-21(30)26-23/h6-14H,4-5H2,1-3H3,(H,25,31)(H,24,26,30). The SMILES string of the molecule is CCN(CC)S(=O)(=O)c1ccc(C(=O)Nc2cc(-c3ccco3)nn2-c2nc(C)cc(=O)[nH]2)cc1. The molecular weight excluding hydrogens is 472 g/mol. The van der Waals surface area contributed by atoms with Crippen LogP contribution >= 0.6 is 0 Å². The van der Waals surface area contributed by atoms with E-state index in [1.165, 1.54) is 45.6 Å². The van der Waals surface area contributed by atoms with Gasteiger partial charge in [-0.05, 0) is 43.3 Å². The molecule has 0 atom stereocenters. The van der Waals surface area contributed by atoms with Crippen molar-refractivity contribution in [1.29, 1.82) is 0 Å². The van der Waals surface area contributed by atoms with E-state index in [-0.39, 0.29) is 27.8 Å². The minimum atomic E-state index is -3.64. The average Bonchev–Trinajstić information content (AvgIpc) is 3.49. The number of benzene rings is 1. The van der Waals surface area contributed by atoms with Crippen LogP contribution in [-0.4, -0.2) is 51.5 Å². The van der Waals surface area contributed by atoms with Gasteiger partial charge in [0.1, 0.15) is 11.5 Å². The number of rotatable bonds is 8. The van der Waals surface area contributed by atoms with Crippen molar-refractivity contribution >= 4 is 21.7 Å². The van der Waals surface area contributed by atoms with E-state index in [0.29, 0.717) is 30.2 Å². The highest BCUT2D eigenvalue weighted by atomic mass is 32.2. The van der Waals surface area contributed by atoms with Crippen LogP contribution in [0.15, 0.2) is 68.9 Å². The number of H-pyrrole nitrogens is 1. The maximum absolute atomic E-state index is 13.0. The first-order valence-corrected chi connectivity index (χ1v) is 12.3. The second-order valence-electron chi connectivity index (χ2n) is 7.58. The molecule has 0 radical (unpaired) electrons. The zero-order chi connectivity index (χ0) is 25.2. The molecule has 11 nitrogen and oxygen atoms in total. The highest BCUT2D eigenvalue weighted by Crippen LogP contribution is 2.25. The van der Waals surface area contributed by atoms with Gasteiger partial charge >= 0.3 is 0 Å². The molecule has 0 bridgehead atoms. The van der Waals surface area contributed by atoms with Crippen LogP contribution in [0.4, 0.5) is 5.82 Å². The summed E-state index contributed by atoms with van der Waals surface area (Å²) in [6.45, 7) is 5.89. The molecule has 1 amide bonds. The molecule has 4 rings (SSSR count). The highest BCUT2D eigenvalue weighted by molar-refractivity contribution is 7.89. The zero-order valence-electron chi connectivity index (χ0n) is 19.3. The van der Waals surface area contributed by atoms with Gasteiger partial charge in [0.05, 0.1) is 11.2 Å². The quantitative estimate of drug-likeness (QED) is 0.382. The number of sulfonamides is 1. The van der Waals surface area contributed by atoms with Gasteiger partial charge in [-0.3, -0.25) is 14.6 Å². The molecule has 0 fully saturated rings. The number of nitrogens with zero attached hydrogens (tertiary/aromatic N) is 4. The van der Waals surface area contributed by atoms with Crippen LogP contribution in [0, 0.1) is 6.92 Å². The molecule has 0 aliphatic carbocycles. The van der Waals surface area contributed by atoms with Crippen molar-refractivity contribution in [2.45, 2.75) is 25.7 Å². The Morgan fingerprint density at radius 1 is 1.14 bits per heavy atom. The summed E-state index contributed by atoms with van der Waals surface area (Å²) >= 11 is 0. The monoisotopic (exact) mass is 496 g/mol. The Morgan fingerprint density at radius 3 is 2.46 bits per heavy atom. The van der Waals surface area contributed by atoms with E-state index in [4.69, 9.17) is 4.42 Å². The highest BCUT2D eigenvalue weighted by Gasteiger charge is 2.22. The van der Waals surface area contributed by atoms with Gasteiger partial charge in [0.2, 0.25) is 16.0 Å². The molecule has 3 heterocycles. The maximum atomic E-state index is 13.0. The molecule has 1 aromatic carbocycles. The molecule has 0 saturated heterocycles. The molecule has 0 unspecified atom stereocenters. The Hall–Kier alpha value is -4.03. The van der Waals surface area contributed by atoms with Crippen LogP contribution in [0.3, 0.4) is 0 Å². The first kappa shape index (κ1) is 24.1. The van der Waals surface area contributed by atoms with Crippen molar-refractivity contribution in [1.82, 2.24) is 24.1 Å². The number of hydrogen-bond acceptors (Lipinski definition) is 7. The second kappa shape index (κ2) is 9.68. The maximum Gasteiger partial charge on any atom is 0.256 e. The number of aromatic amines is 1. The number of anilines is 1. The summed E-state index contributed by atoms with van der Waals surface area (Å²) in [7, 11) is -3.64. The van der Waals surface area contributed by atoms with E-state index in [2.05, 4.69) is 20.4 Å². The van der Waals surface area contributed by atoms with Crippen LogP contribution in [-0.2, 0) is 10.0 Å². The fourth-order valence-corrected chi connectivity index (χ4v) is 4.98. The predicted molar refractivity (Wildman–Crippen MR) is 129 cm³/mol. The summed E-state index contributed by atoms with van der Waals surface area (Å²) in [6.07, 6.45) is 1.49. The lowest BCUT2D eigenvalue weighted by Gasteiger charge is -2.18. The van der Waals surface area contributed by atoms with E-state index in [0.717, 1.165) is 0 Å². The van der Waals surface area contributed by atoms with E-state index in [1.54, 1.807) is 39.0 Å². The summed E-state index contributed by atoms with van der Waals surface area (Å²) < 4.78 is 33.5. The largest absolute Gasteiger partial charge is 0.463 e. The Balaban J connectivity index is 1.67. The van der Waals surface area contributed by atoms with Crippen LogP contribution in [0.1, 0.15) is 29.9 Å². The van der Waals surface area contributed by atoms with Gasteiger partial charge in [-0.25, -0.2) is 13.4 Å². The van der Waals surface area contributed by atoms with Crippen molar-refractivity contribution in [2.24, 2.45) is 0 Å². The van der Waals surface area contributed by atoms with Crippen LogP contribution in [0.2, 0.25) is 0 Å². The average molecular weight is 497 g/mol. The molecule has 2 N–H and O–H groups in total. The Morgan fingerprint density at radius 2 is 1.86 bits per heavy atom. The number of furan rings is 1. The summed E-state index contributed by atoms with van der Waals surface area (Å²) in [5, 5.41) is 7.18. The van der Waals surface area contributed by atoms with Gasteiger partial charge in [0.25, 0.3) is 11.5 Å². The van der Waals surface area contributed by atoms with Crippen molar-refractivity contribution in [3.63, 3.8) is 0 Å². The second-order valence-corrected chi connectivity index (χ2v) is 9.52. The Labute approximate surface area is 201 Å². The lowest BCUT2D eigenvalue weighted by atomic mass is 10.2. The summed E-state index contributed by atoms with van der Waals surface area (Å²) in [4.78, 5) is 32.0. The lowest BCUT2D eigenvalue weighted by Crippen LogP contribution is -2.30. The number of aromatic nitrogens is 4. The van der Waals surface area contributed by atoms with E-state index in [1.807, 2.05) is 0 Å². The van der Waals surface area contributed by atoms with Gasteiger partial charge in [-0.1, -0.05) is 13.8 Å². The Bertz CT molecular complexity index is 1500. The predicted octanol–water partition coefficient (Wildman–Crippen LogP) is 2.81.